The summed E-state index contributed by atoms with van der Waals surface area (Å²) in [6.07, 6.45) is -7.25. The van der Waals surface area contributed by atoms with Crippen molar-refractivity contribution in [2.75, 3.05) is 82.8 Å². The Balaban J connectivity index is 0.000000182. The summed E-state index contributed by atoms with van der Waals surface area (Å²) in [7, 11) is 0. The van der Waals surface area contributed by atoms with E-state index in [1.807, 2.05) is 13.8 Å². The number of hydrogen-bond acceptors (Lipinski definition) is 14. The highest BCUT2D eigenvalue weighted by Gasteiger charge is 2.42. The van der Waals surface area contributed by atoms with Crippen molar-refractivity contribution in [1.29, 1.82) is 0 Å². The van der Waals surface area contributed by atoms with Gasteiger partial charge in [-0.15, -0.1) is 0 Å². The van der Waals surface area contributed by atoms with E-state index in [1.54, 1.807) is 53.4 Å². The Kier molecular flexibility index (Phi) is 16.4. The number of benzene rings is 2. The molecule has 4 aromatic heterocycles. The van der Waals surface area contributed by atoms with Crippen molar-refractivity contribution in [3.63, 3.8) is 0 Å². The number of carbonyl (C=O) groups is 2. The molecule has 0 spiro atoms. The second kappa shape index (κ2) is 23.3. The van der Waals surface area contributed by atoms with E-state index in [1.165, 1.54) is 29.2 Å². The lowest BCUT2D eigenvalue weighted by Crippen LogP contribution is -2.56. The van der Waals surface area contributed by atoms with Gasteiger partial charge in [0.2, 0.25) is 11.8 Å². The van der Waals surface area contributed by atoms with Gasteiger partial charge in [-0.3, -0.25) is 20.4 Å². The van der Waals surface area contributed by atoms with Crippen molar-refractivity contribution >= 4 is 69.9 Å². The molecule has 9 heterocycles. The Hall–Kier alpha value is -7.22. The number of carbonyl (C=O) groups excluding carboxylic acids is 2. The molecule has 4 amide bonds. The number of amides is 4. The molecule has 428 valence electrons. The average Bonchev–Trinajstić information content (AvgIpc) is 3.96. The smallest absolute Gasteiger partial charge is 0.416 e. The van der Waals surface area contributed by atoms with Gasteiger partial charge in [0, 0.05) is 49.4 Å². The van der Waals surface area contributed by atoms with Crippen molar-refractivity contribution in [1.82, 2.24) is 19.9 Å². The van der Waals surface area contributed by atoms with Crippen LogP contribution in [-0.4, -0.2) is 125 Å². The number of urea groups is 2. The van der Waals surface area contributed by atoms with Crippen molar-refractivity contribution in [3.8, 4) is 34.3 Å². The molecule has 0 saturated carbocycles. The predicted octanol–water partition coefficient (Wildman–Crippen LogP) is 10.9. The number of halogens is 8. The molecule has 4 bridgehead atoms. The first-order valence-electron chi connectivity index (χ1n) is 25.9. The number of piperidine rings is 2. The summed E-state index contributed by atoms with van der Waals surface area (Å²) >= 11 is 13.1. The third-order valence-corrected chi connectivity index (χ3v) is 14.5. The van der Waals surface area contributed by atoms with E-state index in [-0.39, 0.29) is 81.5 Å². The lowest BCUT2D eigenvalue weighted by atomic mass is 9.99. The quantitative estimate of drug-likeness (QED) is 0.0893. The van der Waals surface area contributed by atoms with Gasteiger partial charge < -0.3 is 39.0 Å². The third-order valence-electron chi connectivity index (χ3n) is 13.9. The van der Waals surface area contributed by atoms with E-state index in [0.29, 0.717) is 55.0 Å². The number of fused-ring (bicyclic) bond motifs is 8. The first kappa shape index (κ1) is 57.0. The Morgan fingerprint density at radius 1 is 0.704 bits per heavy atom. The molecule has 3 saturated heterocycles. The minimum atomic E-state index is -4.53. The van der Waals surface area contributed by atoms with Crippen LogP contribution in [0.5, 0.6) is 11.8 Å². The van der Waals surface area contributed by atoms with Crippen LogP contribution in [0.1, 0.15) is 50.7 Å². The second-order valence-corrected chi connectivity index (χ2v) is 21.0. The molecule has 3 fully saturated rings. The van der Waals surface area contributed by atoms with Gasteiger partial charge in [0.1, 0.15) is 37.1 Å². The Morgan fingerprint density at radius 2 is 1.17 bits per heavy atom. The van der Waals surface area contributed by atoms with Crippen LogP contribution in [0.2, 0.25) is 10.0 Å². The zero-order chi connectivity index (χ0) is 57.4. The van der Waals surface area contributed by atoms with E-state index in [9.17, 15) is 41.0 Å². The van der Waals surface area contributed by atoms with Gasteiger partial charge in [0.05, 0.1) is 69.2 Å². The van der Waals surface area contributed by atoms with Crippen LogP contribution in [0.4, 0.5) is 70.6 Å². The predicted molar refractivity (Wildman–Crippen MR) is 290 cm³/mol. The molecular weight excluding hydrogens is 1110 g/mol. The fourth-order valence-electron chi connectivity index (χ4n) is 10.2. The molecule has 5 aliphatic rings. The average molecular weight is 1170 g/mol. The summed E-state index contributed by atoms with van der Waals surface area (Å²) in [5.41, 5.74) is 0.306. The van der Waals surface area contributed by atoms with Crippen LogP contribution in [0.15, 0.2) is 97.1 Å². The zero-order valence-electron chi connectivity index (χ0n) is 43.5. The number of aliphatic hydroxyl groups is 2. The van der Waals surface area contributed by atoms with E-state index in [2.05, 4.69) is 40.4 Å². The molecule has 4 atom stereocenters. The summed E-state index contributed by atoms with van der Waals surface area (Å²) in [6, 6.07) is 21.2. The topological polar surface area (TPSA) is 200 Å². The van der Waals surface area contributed by atoms with Crippen LogP contribution < -0.4 is 39.7 Å². The molecule has 81 heavy (non-hydrogen) atoms. The van der Waals surface area contributed by atoms with Crippen molar-refractivity contribution in [2.45, 2.75) is 82.0 Å². The minimum Gasteiger partial charge on any atom is -0.475 e. The second-order valence-electron chi connectivity index (χ2n) is 20.2. The zero-order valence-corrected chi connectivity index (χ0v) is 45.0. The van der Waals surface area contributed by atoms with Gasteiger partial charge in [-0.2, -0.15) is 36.3 Å². The maximum Gasteiger partial charge on any atom is 0.416 e. The lowest BCUT2D eigenvalue weighted by Gasteiger charge is -2.46. The monoisotopic (exact) mass is 1170 g/mol. The number of hydrogen-bond donors (Lipinski definition) is 4. The van der Waals surface area contributed by atoms with Gasteiger partial charge in [-0.1, -0.05) is 59.6 Å². The molecule has 6 aromatic rings. The number of rotatable bonds is 11. The number of aliphatic hydroxyl groups excluding tert-OH is 2. The summed E-state index contributed by atoms with van der Waals surface area (Å²) in [4.78, 5) is 52.6. The molecule has 18 nitrogen and oxygen atoms in total. The van der Waals surface area contributed by atoms with E-state index >= 15 is 0 Å². The van der Waals surface area contributed by atoms with Gasteiger partial charge in [-0.25, -0.2) is 19.6 Å². The maximum absolute atomic E-state index is 13.8. The van der Waals surface area contributed by atoms with Crippen molar-refractivity contribution < 1.29 is 65.1 Å². The molecule has 26 heteroatoms. The number of aromatic nitrogens is 4. The first-order valence-corrected chi connectivity index (χ1v) is 26.6. The van der Waals surface area contributed by atoms with Crippen LogP contribution >= 0.6 is 23.2 Å². The normalized spacial score (nSPS) is 19.4. The fourth-order valence-corrected chi connectivity index (χ4v) is 10.7. The molecule has 2 aromatic carbocycles. The van der Waals surface area contributed by atoms with Crippen LogP contribution in [-0.2, 0) is 21.8 Å². The number of alkyl halides is 6. The molecule has 0 radical (unpaired) electrons. The third kappa shape index (κ3) is 13.0. The molecule has 0 unspecified atom stereocenters. The van der Waals surface area contributed by atoms with Gasteiger partial charge in [0.15, 0.2) is 17.4 Å². The molecular formula is C55H54Cl2F6N10O8. The summed E-state index contributed by atoms with van der Waals surface area (Å²) in [5, 5.41) is 24.4. The minimum absolute atomic E-state index is 0.136. The number of nitrogens with zero attached hydrogens (tertiary/aromatic N) is 8. The summed E-state index contributed by atoms with van der Waals surface area (Å²) in [5.74, 6) is 0.847. The number of nitrogens with one attached hydrogen (secondary N) is 2. The van der Waals surface area contributed by atoms with Gasteiger partial charge >= 0.3 is 24.4 Å². The highest BCUT2D eigenvalue weighted by molar-refractivity contribution is 6.34. The van der Waals surface area contributed by atoms with E-state index in [4.69, 9.17) is 47.3 Å². The van der Waals surface area contributed by atoms with Crippen LogP contribution in [0.3, 0.4) is 0 Å². The molecule has 4 N–H and O–H groups in total. The maximum atomic E-state index is 13.8. The van der Waals surface area contributed by atoms with Crippen molar-refractivity contribution in [3.05, 3.63) is 118 Å². The van der Waals surface area contributed by atoms with E-state index < -0.39 is 54.0 Å². The molecule has 11 rings (SSSR count). The van der Waals surface area contributed by atoms with Crippen LogP contribution in [0.25, 0.3) is 22.5 Å². The highest BCUT2D eigenvalue weighted by Crippen LogP contribution is 2.45. The Morgan fingerprint density at radius 3 is 1.62 bits per heavy atom. The van der Waals surface area contributed by atoms with Gasteiger partial charge in [0.25, 0.3) is 0 Å². The van der Waals surface area contributed by atoms with Crippen molar-refractivity contribution in [2.24, 2.45) is 0 Å². The number of pyridine rings is 4. The standard InChI is InChI=1S/C29H29ClF3N5O4.C26H25ClF3N5O4/c1-28(2)41-16-20(42-28)15-40-24-10-4-9-23(34-24)35-27(39)38-19-8-5-11-37(14-19)22-13-21(30)25(36-26(22)38)17-6-3-7-18(12-17)29(31,32)33;27-19-11-20-24(33-23(19)15-4-1-5-16(10-15)26(28,29)30)35(17-6-3-9-34(20)12-17)25(38)32-21-7-2-8-22(31-21)39-14-18(37)13-36/h3-4,6-7,9-10,12-13,19-20H,5,8,11,14-16H2,1-2H3,(H,34,35,39);1-2,4-5,7-8,10-11,17-18,36-37H,3,6,9,12-14H2,(H,31,32,38)/t19-,20+;17-,18-/m00/s1. The summed E-state index contributed by atoms with van der Waals surface area (Å²) in [6.45, 7) is 6.27. The summed E-state index contributed by atoms with van der Waals surface area (Å²) < 4.78 is 103. The van der Waals surface area contributed by atoms with E-state index in [0.717, 1.165) is 56.6 Å². The fraction of sp³-hybridized carbons (Fsp3) is 0.382. The number of anilines is 6. The largest absolute Gasteiger partial charge is 0.475 e. The Bertz CT molecular complexity index is 3310. The van der Waals surface area contributed by atoms with Crippen LogP contribution in [0, 0.1) is 0 Å². The molecule has 0 aliphatic carbocycles. The highest BCUT2D eigenvalue weighted by atomic mass is 35.5. The SMILES string of the molecule is CC1(C)OC[C@@H](COc2cccc(NC(=O)N3c4nc(-c5cccc(C(F)(F)F)c5)c(Cl)cc4N4CCC[C@H]3C4)n2)O1.O=C(Nc1cccc(OC[C@@H](O)CO)n1)N1c2nc(-c3cccc(C(F)(F)F)c3)c(Cl)cc2N2CCC[C@H]1C2. The van der Waals surface area contributed by atoms with Gasteiger partial charge in [-0.05, 0) is 88.1 Å². The first-order chi connectivity index (χ1) is 38.6. The lowest BCUT2D eigenvalue weighted by molar-refractivity contribution is -0.141. The molecule has 5 aliphatic heterocycles. The number of ether oxygens (including phenoxy) is 4. The Labute approximate surface area is 470 Å².